The largest absolute Gasteiger partial charge is 0.310 e. The molecule has 13 rings (SSSR count). The van der Waals surface area contributed by atoms with Gasteiger partial charge in [-0.15, -0.1) is 0 Å². The van der Waals surface area contributed by atoms with Gasteiger partial charge in [-0.05, 0) is 107 Å². The Bertz CT molecular complexity index is 3850. The van der Waals surface area contributed by atoms with Crippen LogP contribution in [-0.4, -0.2) is 6.71 Å². The van der Waals surface area contributed by atoms with E-state index in [1.807, 2.05) is 0 Å². The predicted octanol–water partition coefficient (Wildman–Crippen LogP) is 18.4. The van der Waals surface area contributed by atoms with Crippen LogP contribution in [0.1, 0.15) is 52.7 Å². The summed E-state index contributed by atoms with van der Waals surface area (Å²) in [6.45, 7) is 14.0. The molecule has 0 N–H and O–H groups in total. The molecule has 2 aliphatic rings. The second kappa shape index (κ2) is 19.0. The first-order valence-corrected chi connectivity index (χ1v) is 27.2. The third kappa shape index (κ3) is 8.39. The van der Waals surface area contributed by atoms with Crippen LogP contribution in [0.25, 0.3) is 66.8 Å². The summed E-state index contributed by atoms with van der Waals surface area (Å²) in [7, 11) is 0. The van der Waals surface area contributed by atoms with Gasteiger partial charge >= 0.3 is 0 Å². The van der Waals surface area contributed by atoms with Gasteiger partial charge in [-0.3, -0.25) is 0 Å². The van der Waals surface area contributed by atoms with Crippen LogP contribution in [-0.2, 0) is 10.8 Å². The number of fused-ring (bicyclic) bond motifs is 4. The molecule has 2 nitrogen and oxygen atoms in total. The van der Waals surface area contributed by atoms with Crippen LogP contribution in [0.4, 0.5) is 34.1 Å². The molecule has 0 saturated heterocycles. The van der Waals surface area contributed by atoms with Crippen LogP contribution in [0.15, 0.2) is 261 Å². The Balaban J connectivity index is 1.22. The summed E-state index contributed by atoms with van der Waals surface area (Å²) in [5.41, 5.74) is 27.4. The van der Waals surface area contributed by atoms with E-state index in [1.54, 1.807) is 0 Å². The summed E-state index contributed by atoms with van der Waals surface area (Å²) in [4.78, 5) is 5.32. The second-order valence-electron chi connectivity index (χ2n) is 22.9. The molecule has 2 heterocycles. The minimum absolute atomic E-state index is 0.0774. The van der Waals surface area contributed by atoms with Crippen molar-refractivity contribution in [1.29, 1.82) is 0 Å². The fourth-order valence-corrected chi connectivity index (χ4v) is 12.3. The summed E-state index contributed by atoms with van der Waals surface area (Å²) in [5.74, 6) is 0. The van der Waals surface area contributed by atoms with Crippen LogP contribution in [0, 0.1) is 0 Å². The molecule has 0 radical (unpaired) electrons. The zero-order valence-electron chi connectivity index (χ0n) is 44.8. The molecular formula is C74H61BN2. The highest BCUT2D eigenvalue weighted by molar-refractivity contribution is 7.00. The van der Waals surface area contributed by atoms with E-state index in [1.165, 1.54) is 117 Å². The molecule has 0 saturated carbocycles. The van der Waals surface area contributed by atoms with E-state index in [0.29, 0.717) is 0 Å². The number of rotatable bonds is 8. The monoisotopic (exact) mass is 988 g/mol. The van der Waals surface area contributed by atoms with Crippen molar-refractivity contribution >= 4 is 57.2 Å². The highest BCUT2D eigenvalue weighted by atomic mass is 15.2. The number of para-hydroxylation sites is 2. The minimum atomic E-state index is -0.223. The van der Waals surface area contributed by atoms with Crippen LogP contribution in [0.2, 0.25) is 0 Å². The van der Waals surface area contributed by atoms with Crippen molar-refractivity contribution in [2.45, 2.75) is 52.4 Å². The second-order valence-corrected chi connectivity index (χ2v) is 22.9. The Morgan fingerprint density at radius 2 is 0.623 bits per heavy atom. The molecule has 2 aliphatic heterocycles. The lowest BCUT2D eigenvalue weighted by molar-refractivity contribution is 0.590. The molecule has 0 spiro atoms. The highest BCUT2D eigenvalue weighted by Crippen LogP contribution is 2.54. The number of nitrogens with zero attached hydrogens (tertiary/aromatic N) is 2. The molecule has 0 aliphatic carbocycles. The number of hydrogen-bond acceptors (Lipinski definition) is 2. The standard InChI is InChI=1S/C74H61BN2/c1-73(2,3)57-48-68-70-69(49-57)77(72-61(53-32-18-10-19-33-53)39-25-40-62(72)54-34-20-11-21-35-54)67-45-43-56(58-36-22-23-41-63(58)74(4,5)6)47-65(67)75(70)64-46-55(50-26-12-7-13-27-50)42-44-66(64)76(68)71-59(51-28-14-8-15-29-51)37-24-38-60(71)52-30-16-9-17-31-52/h7-49H,1-6H3. The smallest absolute Gasteiger partial charge is 0.252 e. The summed E-state index contributed by atoms with van der Waals surface area (Å²) >= 11 is 0. The zero-order chi connectivity index (χ0) is 52.4. The van der Waals surface area contributed by atoms with E-state index >= 15 is 0 Å². The minimum Gasteiger partial charge on any atom is -0.310 e. The lowest BCUT2D eigenvalue weighted by Crippen LogP contribution is -2.61. The van der Waals surface area contributed by atoms with Crippen LogP contribution in [0.5, 0.6) is 0 Å². The highest BCUT2D eigenvalue weighted by Gasteiger charge is 2.46. The van der Waals surface area contributed by atoms with Crippen molar-refractivity contribution < 1.29 is 0 Å². The van der Waals surface area contributed by atoms with Gasteiger partial charge in [-0.2, -0.15) is 0 Å². The average Bonchev–Trinajstić information content (AvgIpc) is 3.49. The molecule has 0 atom stereocenters. The quantitative estimate of drug-likeness (QED) is 0.140. The van der Waals surface area contributed by atoms with Crippen LogP contribution >= 0.6 is 0 Å². The van der Waals surface area contributed by atoms with Crippen LogP contribution < -0.4 is 26.2 Å². The fourth-order valence-electron chi connectivity index (χ4n) is 12.3. The Morgan fingerprint density at radius 1 is 0.273 bits per heavy atom. The molecule has 0 aromatic heterocycles. The molecule has 11 aromatic carbocycles. The molecule has 0 amide bonds. The van der Waals surface area contributed by atoms with Crippen molar-refractivity contribution in [3.05, 3.63) is 272 Å². The lowest BCUT2D eigenvalue weighted by atomic mass is 9.33. The van der Waals surface area contributed by atoms with Gasteiger partial charge in [-0.25, -0.2) is 0 Å². The molecule has 11 aromatic rings. The lowest BCUT2D eigenvalue weighted by Gasteiger charge is -2.46. The van der Waals surface area contributed by atoms with Gasteiger partial charge in [0, 0.05) is 45.0 Å². The van der Waals surface area contributed by atoms with E-state index < -0.39 is 0 Å². The summed E-state index contributed by atoms with van der Waals surface area (Å²) in [6.07, 6.45) is 0. The van der Waals surface area contributed by atoms with Gasteiger partial charge in [0.05, 0.1) is 11.4 Å². The third-order valence-electron chi connectivity index (χ3n) is 15.9. The molecule has 3 heteroatoms. The normalized spacial score (nSPS) is 12.7. The van der Waals surface area contributed by atoms with Gasteiger partial charge in [0.2, 0.25) is 0 Å². The first-order chi connectivity index (χ1) is 37.5. The topological polar surface area (TPSA) is 6.48 Å². The number of anilines is 6. The van der Waals surface area contributed by atoms with E-state index in [4.69, 9.17) is 0 Å². The Kier molecular flexibility index (Phi) is 11.8. The molecular weight excluding hydrogens is 928 g/mol. The molecule has 77 heavy (non-hydrogen) atoms. The Hall–Kier alpha value is -8.92. The number of benzene rings is 11. The summed E-state index contributed by atoms with van der Waals surface area (Å²) < 4.78 is 0. The van der Waals surface area contributed by atoms with Gasteiger partial charge in [-0.1, -0.05) is 278 Å². The van der Waals surface area contributed by atoms with Gasteiger partial charge in [0.15, 0.2) is 0 Å². The van der Waals surface area contributed by atoms with Crippen molar-refractivity contribution in [3.8, 4) is 66.8 Å². The van der Waals surface area contributed by atoms with Crippen molar-refractivity contribution in [1.82, 2.24) is 0 Å². The van der Waals surface area contributed by atoms with Crippen LogP contribution in [0.3, 0.4) is 0 Å². The van der Waals surface area contributed by atoms with Gasteiger partial charge in [0.25, 0.3) is 6.71 Å². The third-order valence-corrected chi connectivity index (χ3v) is 15.9. The fraction of sp³-hybridized carbons (Fsp3) is 0.108. The van der Waals surface area contributed by atoms with Gasteiger partial charge in [0.1, 0.15) is 0 Å². The molecule has 370 valence electrons. The maximum atomic E-state index is 2.66. The van der Waals surface area contributed by atoms with Gasteiger partial charge < -0.3 is 9.80 Å². The van der Waals surface area contributed by atoms with E-state index in [2.05, 4.69) is 312 Å². The summed E-state index contributed by atoms with van der Waals surface area (Å²) in [6, 6.07) is 97.5. The molecule has 0 fully saturated rings. The Morgan fingerprint density at radius 3 is 1.03 bits per heavy atom. The van der Waals surface area contributed by atoms with E-state index in [-0.39, 0.29) is 17.5 Å². The van der Waals surface area contributed by atoms with E-state index in [0.717, 1.165) is 11.4 Å². The summed E-state index contributed by atoms with van der Waals surface area (Å²) in [5, 5.41) is 0. The Labute approximate surface area is 455 Å². The average molecular weight is 989 g/mol. The first kappa shape index (κ1) is 47.8. The number of hydrogen-bond donors (Lipinski definition) is 0. The maximum absolute atomic E-state index is 2.66. The van der Waals surface area contributed by atoms with E-state index in [9.17, 15) is 0 Å². The van der Waals surface area contributed by atoms with Crippen molar-refractivity contribution in [3.63, 3.8) is 0 Å². The maximum Gasteiger partial charge on any atom is 0.252 e. The SMILES string of the molecule is CC(C)(C)c1cc2c3c(c1)N(c1c(-c4ccccc4)cccc1-c1ccccc1)c1ccc(-c4ccccc4C(C)(C)C)cc1B3c1cc(-c3ccccc3)ccc1N2c1c(-c2ccccc2)cccc1-c1ccccc1. The predicted molar refractivity (Wildman–Crippen MR) is 330 cm³/mol. The first-order valence-electron chi connectivity index (χ1n) is 27.2. The molecule has 0 bridgehead atoms. The van der Waals surface area contributed by atoms with Crippen molar-refractivity contribution in [2.75, 3.05) is 9.80 Å². The van der Waals surface area contributed by atoms with Crippen molar-refractivity contribution in [2.24, 2.45) is 0 Å². The molecule has 0 unspecified atom stereocenters. The zero-order valence-corrected chi connectivity index (χ0v) is 44.8.